The molecule has 0 aliphatic carbocycles. The summed E-state index contributed by atoms with van der Waals surface area (Å²) in [6, 6.07) is 9.67. The Morgan fingerprint density at radius 3 is 2.89 bits per heavy atom. The zero-order valence-corrected chi connectivity index (χ0v) is 21.0. The monoisotopic (exact) mass is 541 g/mol. The lowest BCUT2D eigenvalue weighted by Gasteiger charge is -2.38. The number of aryl methyl sites for hydroxylation is 1. The number of aliphatic hydroxyl groups excluding tert-OH is 2. The molecule has 37 heavy (non-hydrogen) atoms. The largest absolute Gasteiger partial charge is 0.394 e. The summed E-state index contributed by atoms with van der Waals surface area (Å²) in [6.07, 6.45) is 0.956. The van der Waals surface area contributed by atoms with E-state index in [4.69, 9.17) is 16.3 Å². The van der Waals surface area contributed by atoms with Gasteiger partial charge in [0.1, 0.15) is 36.2 Å². The van der Waals surface area contributed by atoms with Crippen LogP contribution in [-0.4, -0.2) is 63.8 Å². The molecule has 1 aliphatic heterocycles. The van der Waals surface area contributed by atoms with Crippen LogP contribution in [0, 0.1) is 12.7 Å². The van der Waals surface area contributed by atoms with Crippen molar-refractivity contribution in [3.8, 4) is 16.9 Å². The Labute approximate surface area is 218 Å². The van der Waals surface area contributed by atoms with Gasteiger partial charge in [0.05, 0.1) is 39.1 Å². The van der Waals surface area contributed by atoms with E-state index in [2.05, 4.69) is 25.5 Å². The van der Waals surface area contributed by atoms with Crippen molar-refractivity contribution in [3.05, 3.63) is 70.6 Å². The van der Waals surface area contributed by atoms with Gasteiger partial charge in [-0.25, -0.2) is 14.1 Å². The molecule has 0 amide bonds. The molecule has 1 saturated heterocycles. The fourth-order valence-corrected chi connectivity index (χ4v) is 5.58. The van der Waals surface area contributed by atoms with E-state index < -0.39 is 36.8 Å². The van der Waals surface area contributed by atoms with E-state index in [1.54, 1.807) is 29.9 Å². The summed E-state index contributed by atoms with van der Waals surface area (Å²) in [5, 5.41) is 38.7. The number of halogens is 2. The quantitative estimate of drug-likeness (QED) is 0.345. The van der Waals surface area contributed by atoms with E-state index in [0.29, 0.717) is 17.1 Å². The zero-order chi connectivity index (χ0) is 25.7. The van der Waals surface area contributed by atoms with Crippen LogP contribution < -0.4 is 0 Å². The van der Waals surface area contributed by atoms with Crippen molar-refractivity contribution in [2.45, 2.75) is 37.7 Å². The number of benzene rings is 2. The number of fused-ring (bicyclic) bond motifs is 1. The second-order valence-electron chi connectivity index (χ2n) is 8.80. The van der Waals surface area contributed by atoms with Gasteiger partial charge in [-0.1, -0.05) is 22.9 Å². The molecule has 2 N–H and O–H groups in total. The summed E-state index contributed by atoms with van der Waals surface area (Å²) < 4.78 is 24.4. The lowest BCUT2D eigenvalue weighted by atomic mass is 9.95. The van der Waals surface area contributed by atoms with Crippen LogP contribution in [0.4, 0.5) is 4.39 Å². The molecule has 0 saturated carbocycles. The van der Waals surface area contributed by atoms with Crippen LogP contribution in [-0.2, 0) is 4.74 Å². The fraction of sp³-hybridized carbons (Fsp3) is 0.292. The topological polar surface area (TPSA) is 124 Å². The molecule has 13 heteroatoms. The average Bonchev–Trinajstić information content (AvgIpc) is 3.64. The van der Waals surface area contributed by atoms with Crippen LogP contribution in [0.15, 0.2) is 48.9 Å². The number of thiazole rings is 1. The normalized spacial score (nSPS) is 22.1. The minimum atomic E-state index is -1.06. The fourth-order valence-electron chi connectivity index (χ4n) is 4.60. The molecule has 1 fully saturated rings. The van der Waals surface area contributed by atoms with E-state index in [-0.39, 0.29) is 11.4 Å². The minimum Gasteiger partial charge on any atom is -0.394 e. The van der Waals surface area contributed by atoms with Crippen LogP contribution in [0.5, 0.6) is 0 Å². The van der Waals surface area contributed by atoms with E-state index in [9.17, 15) is 14.6 Å². The van der Waals surface area contributed by atoms with Crippen molar-refractivity contribution in [2.24, 2.45) is 0 Å². The molecular weight excluding hydrogens is 521 g/mol. The van der Waals surface area contributed by atoms with Crippen LogP contribution in [0.2, 0.25) is 5.02 Å². The first-order valence-electron chi connectivity index (χ1n) is 11.5. The SMILES string of the molecule is Cc1nc2ccc(-n3cnnc3C3CC(n4cc(-c5ccc(Cl)c(F)c5)nn4)C(O)C(CO)O3)cc2s1. The number of hydrogen-bond acceptors (Lipinski definition) is 9. The molecule has 2 aromatic carbocycles. The summed E-state index contributed by atoms with van der Waals surface area (Å²) in [6.45, 7) is 1.56. The third kappa shape index (κ3) is 4.40. The second kappa shape index (κ2) is 9.54. The predicted molar refractivity (Wildman–Crippen MR) is 134 cm³/mol. The van der Waals surface area contributed by atoms with Crippen molar-refractivity contribution in [2.75, 3.05) is 6.61 Å². The lowest BCUT2D eigenvalue weighted by molar-refractivity contribution is -0.161. The van der Waals surface area contributed by atoms with Crippen molar-refractivity contribution >= 4 is 33.2 Å². The van der Waals surface area contributed by atoms with E-state index in [1.165, 1.54) is 16.8 Å². The molecule has 0 bridgehead atoms. The highest BCUT2D eigenvalue weighted by Crippen LogP contribution is 2.38. The highest BCUT2D eigenvalue weighted by molar-refractivity contribution is 7.18. The first-order chi connectivity index (χ1) is 17.9. The minimum absolute atomic E-state index is 0.0124. The smallest absolute Gasteiger partial charge is 0.166 e. The first kappa shape index (κ1) is 24.1. The maximum Gasteiger partial charge on any atom is 0.166 e. The molecule has 10 nitrogen and oxygen atoms in total. The lowest BCUT2D eigenvalue weighted by Crippen LogP contribution is -2.45. The number of nitrogens with zero attached hydrogens (tertiary/aromatic N) is 7. The summed E-state index contributed by atoms with van der Waals surface area (Å²) in [5.41, 5.74) is 2.68. The van der Waals surface area contributed by atoms with E-state index >= 15 is 0 Å². The van der Waals surface area contributed by atoms with Gasteiger partial charge in [0, 0.05) is 17.7 Å². The molecule has 6 rings (SSSR count). The number of rotatable bonds is 5. The average molecular weight is 542 g/mol. The Balaban J connectivity index is 1.32. The molecule has 0 radical (unpaired) electrons. The molecule has 0 spiro atoms. The van der Waals surface area contributed by atoms with Crippen molar-refractivity contribution in [1.82, 2.24) is 34.7 Å². The van der Waals surface area contributed by atoms with Gasteiger partial charge in [0.25, 0.3) is 0 Å². The van der Waals surface area contributed by atoms with Crippen LogP contribution >= 0.6 is 22.9 Å². The van der Waals surface area contributed by atoms with Crippen molar-refractivity contribution in [3.63, 3.8) is 0 Å². The summed E-state index contributed by atoms with van der Waals surface area (Å²) in [7, 11) is 0. The Kier molecular flexibility index (Phi) is 6.21. The van der Waals surface area contributed by atoms with E-state index in [1.807, 2.05) is 29.7 Å². The molecule has 5 aromatic rings. The zero-order valence-electron chi connectivity index (χ0n) is 19.4. The first-order valence-corrected chi connectivity index (χ1v) is 12.7. The number of aliphatic hydroxyl groups is 2. The maximum atomic E-state index is 14.0. The van der Waals surface area contributed by atoms with Gasteiger partial charge in [-0.2, -0.15) is 0 Å². The number of hydrogen-bond donors (Lipinski definition) is 2. The van der Waals surface area contributed by atoms with E-state index in [0.717, 1.165) is 20.9 Å². The summed E-state index contributed by atoms with van der Waals surface area (Å²) in [5.74, 6) is -0.0395. The molecule has 190 valence electrons. The maximum absolute atomic E-state index is 14.0. The molecule has 1 aliphatic rings. The standard InChI is InChI=1S/C24H21ClFN7O3S/c1-12-28-17-5-3-14(7-22(17)37-12)32-11-27-30-24(32)20-8-19(23(35)21(10-34)36-20)33-9-18(29-31-33)13-2-4-15(25)16(26)6-13/h2-7,9,11,19-21,23,34-35H,8,10H2,1H3. The van der Waals surface area contributed by atoms with Gasteiger partial charge in [-0.05, 0) is 37.3 Å². The van der Waals surface area contributed by atoms with Gasteiger partial charge in [-0.15, -0.1) is 26.6 Å². The van der Waals surface area contributed by atoms with Gasteiger partial charge < -0.3 is 14.9 Å². The van der Waals surface area contributed by atoms with Crippen LogP contribution in [0.1, 0.15) is 29.4 Å². The summed E-state index contributed by atoms with van der Waals surface area (Å²) >= 11 is 7.39. The molecule has 4 unspecified atom stereocenters. The molecule has 4 heterocycles. The van der Waals surface area contributed by atoms with Crippen molar-refractivity contribution < 1.29 is 19.3 Å². The molecule has 3 aromatic heterocycles. The predicted octanol–water partition coefficient (Wildman–Crippen LogP) is 3.66. The third-order valence-electron chi connectivity index (χ3n) is 6.43. The van der Waals surface area contributed by atoms with Crippen LogP contribution in [0.3, 0.4) is 0 Å². The Bertz CT molecular complexity index is 1590. The second-order valence-corrected chi connectivity index (χ2v) is 10.4. The summed E-state index contributed by atoms with van der Waals surface area (Å²) in [4.78, 5) is 4.51. The van der Waals surface area contributed by atoms with Gasteiger partial charge >= 0.3 is 0 Å². The van der Waals surface area contributed by atoms with Crippen LogP contribution in [0.25, 0.3) is 27.2 Å². The highest BCUT2D eigenvalue weighted by Gasteiger charge is 2.41. The van der Waals surface area contributed by atoms with Gasteiger partial charge in [-0.3, -0.25) is 4.57 Å². The van der Waals surface area contributed by atoms with Gasteiger partial charge in [0.15, 0.2) is 5.82 Å². The van der Waals surface area contributed by atoms with Gasteiger partial charge in [0.2, 0.25) is 0 Å². The number of ether oxygens (including phenoxy) is 1. The Morgan fingerprint density at radius 1 is 1.22 bits per heavy atom. The molecular formula is C24H21ClFN7O3S. The highest BCUT2D eigenvalue weighted by atomic mass is 35.5. The molecule has 4 atom stereocenters. The van der Waals surface area contributed by atoms with Crippen molar-refractivity contribution in [1.29, 1.82) is 0 Å². The Hall–Kier alpha value is -3.29. The number of aromatic nitrogens is 7. The third-order valence-corrected chi connectivity index (χ3v) is 7.67. The Morgan fingerprint density at radius 2 is 2.08 bits per heavy atom.